The number of rotatable bonds is 7. The van der Waals surface area contributed by atoms with Crippen molar-refractivity contribution >= 4 is 27.6 Å². The number of methoxy groups -OCH3 is 3. The zero-order valence-corrected chi connectivity index (χ0v) is 16.8. The van der Waals surface area contributed by atoms with Gasteiger partial charge in [0.05, 0.1) is 31.9 Å². The van der Waals surface area contributed by atoms with Crippen molar-refractivity contribution in [3.05, 3.63) is 52.5 Å². The minimum Gasteiger partial charge on any atom is -0.497 e. The molecule has 2 rings (SSSR count). The van der Waals surface area contributed by atoms with E-state index in [0.717, 1.165) is 0 Å². The molecular formula is C18H20ClNO6S. The van der Waals surface area contributed by atoms with Gasteiger partial charge < -0.3 is 14.2 Å². The lowest BCUT2D eigenvalue weighted by atomic mass is 10.1. The molecule has 0 saturated carbocycles. The van der Waals surface area contributed by atoms with Crippen molar-refractivity contribution in [3.63, 3.8) is 0 Å². The summed E-state index contributed by atoms with van der Waals surface area (Å²) in [6, 6.07) is 8.31. The standard InChI is InChI=1S/C18H20ClNO6S/c1-11(14-10-13(24-2)6-8-16(14)25-3)20-27(22,23)17-9-12(18(21)26-4)5-7-15(17)19/h5-11,20H,1-4H3. The molecule has 0 saturated heterocycles. The second-order valence-electron chi connectivity index (χ2n) is 5.59. The molecule has 1 atom stereocenters. The zero-order valence-electron chi connectivity index (χ0n) is 15.3. The maximum Gasteiger partial charge on any atom is 0.337 e. The predicted octanol–water partition coefficient (Wildman–Crippen LogP) is 3.18. The Morgan fingerprint density at radius 2 is 1.78 bits per heavy atom. The van der Waals surface area contributed by atoms with E-state index in [9.17, 15) is 13.2 Å². The molecule has 2 aromatic carbocycles. The lowest BCUT2D eigenvalue weighted by Crippen LogP contribution is -2.27. The van der Waals surface area contributed by atoms with Gasteiger partial charge in [-0.1, -0.05) is 11.6 Å². The third kappa shape index (κ3) is 4.71. The molecule has 0 aliphatic rings. The predicted molar refractivity (Wildman–Crippen MR) is 101 cm³/mol. The van der Waals surface area contributed by atoms with Crippen molar-refractivity contribution in [2.45, 2.75) is 17.9 Å². The summed E-state index contributed by atoms with van der Waals surface area (Å²) in [6.07, 6.45) is 0. The number of esters is 1. The Bertz CT molecular complexity index is 945. The number of hydrogen-bond acceptors (Lipinski definition) is 6. The number of halogens is 1. The average molecular weight is 414 g/mol. The van der Waals surface area contributed by atoms with E-state index in [2.05, 4.69) is 9.46 Å². The van der Waals surface area contributed by atoms with Crippen LogP contribution in [0, 0.1) is 0 Å². The fourth-order valence-electron chi connectivity index (χ4n) is 2.49. The first-order valence-electron chi connectivity index (χ1n) is 7.85. The monoisotopic (exact) mass is 413 g/mol. The molecule has 0 aliphatic heterocycles. The van der Waals surface area contributed by atoms with Crippen LogP contribution in [0.25, 0.3) is 0 Å². The number of carbonyl (C=O) groups excluding carboxylic acids is 1. The minimum atomic E-state index is -4.03. The summed E-state index contributed by atoms with van der Waals surface area (Å²) in [7, 11) is 0.177. The Kier molecular flexibility index (Phi) is 6.69. The lowest BCUT2D eigenvalue weighted by molar-refractivity contribution is 0.0600. The first-order chi connectivity index (χ1) is 12.7. The summed E-state index contributed by atoms with van der Waals surface area (Å²) >= 11 is 6.05. The van der Waals surface area contributed by atoms with Gasteiger partial charge in [0, 0.05) is 11.6 Å². The van der Waals surface area contributed by atoms with Crippen LogP contribution in [0.5, 0.6) is 11.5 Å². The highest BCUT2D eigenvalue weighted by atomic mass is 35.5. The Labute approximate surface area is 163 Å². The molecule has 1 N–H and O–H groups in total. The van der Waals surface area contributed by atoms with E-state index < -0.39 is 22.0 Å². The van der Waals surface area contributed by atoms with Crippen LogP contribution in [0.15, 0.2) is 41.3 Å². The molecule has 7 nitrogen and oxygen atoms in total. The third-order valence-electron chi connectivity index (χ3n) is 3.88. The van der Waals surface area contributed by atoms with Gasteiger partial charge >= 0.3 is 5.97 Å². The number of ether oxygens (including phenoxy) is 3. The van der Waals surface area contributed by atoms with Crippen LogP contribution < -0.4 is 14.2 Å². The van der Waals surface area contributed by atoms with Crippen molar-refractivity contribution in [1.29, 1.82) is 0 Å². The number of sulfonamides is 1. The Morgan fingerprint density at radius 1 is 1.07 bits per heavy atom. The summed E-state index contributed by atoms with van der Waals surface area (Å²) in [6.45, 7) is 1.66. The van der Waals surface area contributed by atoms with Gasteiger partial charge in [-0.05, 0) is 43.3 Å². The van der Waals surface area contributed by atoms with Crippen LogP contribution in [0.4, 0.5) is 0 Å². The van der Waals surface area contributed by atoms with Gasteiger partial charge in [-0.2, -0.15) is 0 Å². The van der Waals surface area contributed by atoms with Gasteiger partial charge in [0.1, 0.15) is 16.4 Å². The van der Waals surface area contributed by atoms with E-state index in [0.29, 0.717) is 17.1 Å². The van der Waals surface area contributed by atoms with Crippen LogP contribution in [-0.2, 0) is 14.8 Å². The van der Waals surface area contributed by atoms with Crippen LogP contribution in [0.2, 0.25) is 5.02 Å². The molecule has 0 amide bonds. The van der Waals surface area contributed by atoms with E-state index in [-0.39, 0.29) is 15.5 Å². The fourth-order valence-corrected chi connectivity index (χ4v) is 4.24. The van der Waals surface area contributed by atoms with Gasteiger partial charge in [0.2, 0.25) is 10.0 Å². The molecule has 0 heterocycles. The van der Waals surface area contributed by atoms with Gasteiger partial charge in [0.25, 0.3) is 0 Å². The van der Waals surface area contributed by atoms with E-state index >= 15 is 0 Å². The average Bonchev–Trinajstić information content (AvgIpc) is 2.66. The highest BCUT2D eigenvalue weighted by Crippen LogP contribution is 2.31. The van der Waals surface area contributed by atoms with E-state index in [1.54, 1.807) is 25.1 Å². The van der Waals surface area contributed by atoms with Crippen molar-refractivity contribution < 1.29 is 27.4 Å². The second-order valence-corrected chi connectivity index (χ2v) is 7.68. The SMILES string of the molecule is COC(=O)c1ccc(Cl)c(S(=O)(=O)NC(C)c2cc(OC)ccc2OC)c1. The largest absolute Gasteiger partial charge is 0.497 e. The molecule has 1 unspecified atom stereocenters. The Balaban J connectivity index is 2.40. The summed E-state index contributed by atoms with van der Waals surface area (Å²) in [5.41, 5.74) is 0.662. The molecule has 2 aromatic rings. The van der Waals surface area contributed by atoms with Crippen LogP contribution in [0.1, 0.15) is 28.9 Å². The molecule has 0 bridgehead atoms. The number of carbonyl (C=O) groups is 1. The van der Waals surface area contributed by atoms with Crippen LogP contribution in [-0.4, -0.2) is 35.7 Å². The summed E-state index contributed by atoms with van der Waals surface area (Å²) in [5.74, 6) is 0.397. The maximum atomic E-state index is 12.8. The van der Waals surface area contributed by atoms with E-state index in [4.69, 9.17) is 21.1 Å². The first kappa shape index (κ1) is 21.0. The highest BCUT2D eigenvalue weighted by Gasteiger charge is 2.24. The van der Waals surface area contributed by atoms with Crippen molar-refractivity contribution in [1.82, 2.24) is 4.72 Å². The molecule has 0 aromatic heterocycles. The molecule has 0 spiro atoms. The number of nitrogens with one attached hydrogen (secondary N) is 1. The molecule has 0 radical (unpaired) electrons. The summed E-state index contributed by atoms with van der Waals surface area (Å²) in [4.78, 5) is 11.5. The first-order valence-corrected chi connectivity index (χ1v) is 9.71. The van der Waals surface area contributed by atoms with E-state index in [1.807, 2.05) is 0 Å². The van der Waals surface area contributed by atoms with E-state index in [1.165, 1.54) is 39.5 Å². The quantitative estimate of drug-likeness (QED) is 0.701. The van der Waals surface area contributed by atoms with Gasteiger partial charge in [-0.25, -0.2) is 17.9 Å². The Hall–Kier alpha value is -2.29. The number of hydrogen-bond donors (Lipinski definition) is 1. The minimum absolute atomic E-state index is 0.0139. The lowest BCUT2D eigenvalue weighted by Gasteiger charge is -2.19. The van der Waals surface area contributed by atoms with Gasteiger partial charge in [-0.15, -0.1) is 0 Å². The summed E-state index contributed by atoms with van der Waals surface area (Å²) in [5, 5.41) is -0.0139. The van der Waals surface area contributed by atoms with Gasteiger partial charge in [-0.3, -0.25) is 0 Å². The second kappa shape index (κ2) is 8.60. The molecular weight excluding hydrogens is 394 g/mol. The van der Waals surface area contributed by atoms with Crippen molar-refractivity contribution in [2.75, 3.05) is 21.3 Å². The van der Waals surface area contributed by atoms with Gasteiger partial charge in [0.15, 0.2) is 0 Å². The van der Waals surface area contributed by atoms with Crippen LogP contribution in [0.3, 0.4) is 0 Å². The van der Waals surface area contributed by atoms with Crippen molar-refractivity contribution in [3.8, 4) is 11.5 Å². The topological polar surface area (TPSA) is 90.9 Å². The third-order valence-corrected chi connectivity index (χ3v) is 5.90. The molecule has 0 fully saturated rings. The molecule has 9 heteroatoms. The smallest absolute Gasteiger partial charge is 0.337 e. The normalized spacial score (nSPS) is 12.3. The maximum absolute atomic E-state index is 12.8. The highest BCUT2D eigenvalue weighted by molar-refractivity contribution is 7.89. The Morgan fingerprint density at radius 3 is 2.37 bits per heavy atom. The number of benzene rings is 2. The zero-order chi connectivity index (χ0) is 20.2. The fraction of sp³-hybridized carbons (Fsp3) is 0.278. The molecule has 27 heavy (non-hydrogen) atoms. The molecule has 146 valence electrons. The van der Waals surface area contributed by atoms with Crippen molar-refractivity contribution in [2.24, 2.45) is 0 Å². The summed E-state index contributed by atoms with van der Waals surface area (Å²) < 4.78 is 43.3. The molecule has 0 aliphatic carbocycles. The van der Waals surface area contributed by atoms with Crippen LogP contribution >= 0.6 is 11.6 Å².